The Morgan fingerprint density at radius 3 is 1.15 bits per heavy atom. The smallest absolute Gasteiger partial charge is 0.414 e. The fraction of sp³-hybridized carbons (Fsp3) is 0.282. The summed E-state index contributed by atoms with van der Waals surface area (Å²) in [5, 5.41) is 7.69. The third kappa shape index (κ3) is 55.0. The molecule has 45 nitrogen and oxygen atoms in total. The van der Waals surface area contributed by atoms with Gasteiger partial charge in [0.25, 0.3) is 0 Å². The van der Waals surface area contributed by atoms with E-state index in [4.69, 9.17) is 37.9 Å². The molecule has 59 heteroatoms. The van der Waals surface area contributed by atoms with Gasteiger partial charge < -0.3 is 84.7 Å². The van der Waals surface area contributed by atoms with Crippen molar-refractivity contribution in [3.05, 3.63) is 208 Å². The van der Waals surface area contributed by atoms with Gasteiger partial charge in [-0.1, -0.05) is 43.0 Å². The Morgan fingerprint density at radius 1 is 0.394 bits per heavy atom. The Labute approximate surface area is 894 Å². The van der Waals surface area contributed by atoms with Crippen LogP contribution >= 0.6 is 181 Å². The molecule has 0 unspecified atom stereocenters. The molecule has 0 aliphatic heterocycles. The number of nitrogens with zero attached hydrogens (tertiary/aromatic N) is 1. The van der Waals surface area contributed by atoms with Gasteiger partial charge in [0.1, 0.15) is 75.5 Å². The van der Waals surface area contributed by atoms with E-state index in [-0.39, 0.29) is 64.0 Å². The highest BCUT2D eigenvalue weighted by atomic mass is 127. The molecule has 0 aliphatic rings. The number of anilines is 4. The summed E-state index contributed by atoms with van der Waals surface area (Å²) in [4.78, 5) is 141. The third-order valence-electron chi connectivity index (χ3n) is 14.6. The van der Waals surface area contributed by atoms with E-state index in [1.807, 2.05) is 211 Å². The molecule has 3 N–H and O–H groups in total. The molecule has 0 spiro atoms. The molecule has 4 amide bonds. The van der Waals surface area contributed by atoms with Gasteiger partial charge in [-0.2, -0.15) is 0 Å². The van der Waals surface area contributed by atoms with Gasteiger partial charge >= 0.3 is 66.0 Å². The van der Waals surface area contributed by atoms with Gasteiger partial charge in [0.15, 0.2) is 0 Å². The Morgan fingerprint density at radius 2 is 0.766 bits per heavy atom. The van der Waals surface area contributed by atoms with E-state index in [1.54, 1.807) is 52.1 Å². The maximum atomic E-state index is 12.1. The van der Waals surface area contributed by atoms with Crippen molar-refractivity contribution in [1.29, 1.82) is 0 Å². The average molecular weight is 2930 g/mol. The SMILES string of the molecule is C=CCOC(=O)Nc1ccc(C(=O)OCCS(=O)(=O)[O-])cc1I.CC(=O)Nc1c(I)cc(I)c(C(=O)OCCS(=O)(=O)[O-])c1I.CC(=O)Oc1cc(C(=O)OCCS(=O)(=O)[O-])ccc1I.CC(=O)Oc1cc(I)ccc1C(=O)OCCS(=O)(=O)[O-].CN(C(=O)OC(C)(C)C)c1ccc(C(=O)OCCS(=O)(=O)[O-])cc1I.O=C(Nc1ccc(C(=O)OCCS(=O)(=O)[O-])cc1I)OCc1ccccc1. The van der Waals surface area contributed by atoms with Crippen LogP contribution in [0.5, 0.6) is 11.5 Å². The van der Waals surface area contributed by atoms with Gasteiger partial charge in [-0.3, -0.25) is 29.9 Å². The highest BCUT2D eigenvalue weighted by molar-refractivity contribution is 14.1. The Balaban J connectivity index is 0.000000558. The van der Waals surface area contributed by atoms with Crippen LogP contribution < -0.4 is 30.3 Å². The van der Waals surface area contributed by atoms with E-state index in [0.29, 0.717) is 44.2 Å². The van der Waals surface area contributed by atoms with E-state index in [1.165, 1.54) is 105 Å². The van der Waals surface area contributed by atoms with Crippen molar-refractivity contribution in [3.63, 3.8) is 0 Å². The number of hydrogen-bond acceptors (Lipinski definition) is 41. The third-order valence-corrected chi connectivity index (χ3v) is 25.5. The summed E-state index contributed by atoms with van der Waals surface area (Å²) in [6.45, 7) is 9.46. The summed E-state index contributed by atoms with van der Waals surface area (Å²) in [5.41, 5.74) is 2.87. The second kappa shape index (κ2) is 60.1. The molecule has 7 rings (SSSR count). The fourth-order valence-electron chi connectivity index (χ4n) is 8.71. The van der Waals surface area contributed by atoms with Crippen molar-refractivity contribution in [2.24, 2.45) is 0 Å². The second-order valence-electron chi connectivity index (χ2n) is 26.7. The maximum absolute atomic E-state index is 12.1. The van der Waals surface area contributed by atoms with Gasteiger partial charge in [-0.25, -0.2) is 93.7 Å². The molecule has 137 heavy (non-hydrogen) atoms. The number of hydrogen-bond donors (Lipinski definition) is 3. The molecule has 7 aromatic carbocycles. The number of benzene rings is 7. The first-order valence-corrected chi connectivity index (χ1v) is 55.2. The molecule has 752 valence electrons. The molecule has 0 heterocycles. The summed E-state index contributed by atoms with van der Waals surface area (Å²) in [6.07, 6.45) is -0.431. The van der Waals surface area contributed by atoms with Crippen LogP contribution in [0.4, 0.5) is 37.1 Å². The summed E-state index contributed by atoms with van der Waals surface area (Å²) in [7, 11) is -25.1. The Hall–Kier alpha value is -7.38. The predicted octanol–water partition coefficient (Wildman–Crippen LogP) is 10.8. The van der Waals surface area contributed by atoms with Crippen molar-refractivity contribution in [3.8, 4) is 11.5 Å². The predicted molar refractivity (Wildman–Crippen MR) is 546 cm³/mol. The largest absolute Gasteiger partial charge is 0.748 e. The van der Waals surface area contributed by atoms with Crippen LogP contribution in [0.25, 0.3) is 0 Å². The van der Waals surface area contributed by atoms with Crippen LogP contribution in [0, 0.1) is 28.6 Å². The highest BCUT2D eigenvalue weighted by Gasteiger charge is 2.26. The lowest BCUT2D eigenvalue weighted by atomic mass is 10.2. The van der Waals surface area contributed by atoms with Crippen LogP contribution in [0.1, 0.15) is 109 Å². The first-order chi connectivity index (χ1) is 63.2. The molecule has 7 aromatic rings. The number of carbonyl (C=O) groups is 12. The molecule has 0 aliphatic carbocycles. The van der Waals surface area contributed by atoms with Crippen molar-refractivity contribution in [2.45, 2.75) is 53.8 Å². The number of halogens is 8. The normalized spacial score (nSPS) is 11.1. The van der Waals surface area contributed by atoms with E-state index in [9.17, 15) is 135 Å². The quantitative estimate of drug-likeness (QED) is 0.00842. The van der Waals surface area contributed by atoms with Crippen molar-refractivity contribution >= 4 is 336 Å². The van der Waals surface area contributed by atoms with Crippen molar-refractivity contribution in [1.82, 2.24) is 0 Å². The first kappa shape index (κ1) is 126. The van der Waals surface area contributed by atoms with Crippen LogP contribution in [-0.2, 0) is 124 Å². The maximum Gasteiger partial charge on any atom is 0.414 e. The lowest BCUT2D eigenvalue weighted by molar-refractivity contribution is -0.132. The molecule has 0 bridgehead atoms. The number of amides is 4. The molecule has 0 atom stereocenters. The van der Waals surface area contributed by atoms with E-state index >= 15 is 0 Å². The lowest BCUT2D eigenvalue weighted by Gasteiger charge is -2.25. The minimum Gasteiger partial charge on any atom is -0.748 e. The average Bonchev–Trinajstić information content (AvgIpc) is 0.794. The van der Waals surface area contributed by atoms with E-state index in [2.05, 4.69) is 36.7 Å². The van der Waals surface area contributed by atoms with Gasteiger partial charge in [0.2, 0.25) is 5.91 Å². The lowest BCUT2D eigenvalue weighted by Crippen LogP contribution is -2.34. The number of carbonyl (C=O) groups excluding carboxylic acids is 12. The first-order valence-electron chi connectivity index (χ1n) is 37.1. The minimum absolute atomic E-state index is 0.0133. The molecular weight excluding hydrogens is 2860 g/mol. The van der Waals surface area contributed by atoms with E-state index in [0.717, 1.165) is 12.7 Å². The molecule has 0 radical (unpaired) electrons. The van der Waals surface area contributed by atoms with E-state index < -0.39 is 207 Å². The van der Waals surface area contributed by atoms with Crippen molar-refractivity contribution < 1.29 is 187 Å². The summed E-state index contributed by atoms with van der Waals surface area (Å²) in [5.74, 6) is -10.7. The standard InChI is InChI=1S/C17H16INO7S.C15H20INO7S.C13H14INO7S.C11H10I3NO6S.2C11H11IO7S/c18-14-10-13(16(20)25-8-9-27(22,23)24)6-7-15(14)19-17(21)26-11-12-4-2-1-3-5-12;1-15(2,3)24-14(19)17(4)12-6-5-10(9-11(12)16)13(18)23-7-8-25(20,21)22;1-2-5-22-13(17)15-11-4-3-9(8-10(11)14)12(16)21-6-7-23(18,19)20;1-5(16)15-10-7(13)4-6(12)8(9(10)14)11(17)21-2-3-22(18,19)20;1-7(13)19-10-6-8(12)2-3-9(10)11(14)18-4-5-20(15,16)17;1-7(13)19-10-6-8(2-3-9(10)12)11(14)18-4-5-20(15,16)17/h1-7,10H,8-9,11H2,(H,19,21)(H,22,23,24);5-6,9H,7-8H2,1-4H3,(H,20,21,22);2-4,8H,1,5-7H2,(H,15,17)(H,18,19,20);4H,2-3H2,1H3,(H,15,16)(H,18,19,20);2*2-3,6H,4-5H2,1H3,(H,15,16,17)/p-6. The van der Waals surface area contributed by atoms with Gasteiger partial charge in [-0.15, -0.1) is 0 Å². The topological polar surface area (TPSA) is 689 Å². The molecule has 0 fully saturated rings. The van der Waals surface area contributed by atoms with Crippen LogP contribution in [-0.4, -0.2) is 243 Å². The summed E-state index contributed by atoms with van der Waals surface area (Å²) < 4.78 is 246. The zero-order valence-electron chi connectivity index (χ0n) is 71.5. The molecule has 0 saturated heterocycles. The molecule has 0 aromatic heterocycles. The van der Waals surface area contributed by atoms with Crippen molar-refractivity contribution in [2.75, 3.05) is 109 Å². The number of rotatable bonds is 34. The molecular formula is C78H76I8N4O41S6-6. The number of ether oxygens (including phenoxy) is 11. The van der Waals surface area contributed by atoms with Gasteiger partial charge in [0.05, 0.1) is 153 Å². The zero-order valence-corrected chi connectivity index (χ0v) is 93.6. The number of esters is 8. The van der Waals surface area contributed by atoms with Crippen LogP contribution in [0.3, 0.4) is 0 Å². The number of nitrogens with one attached hydrogen (secondary N) is 3. The highest BCUT2D eigenvalue weighted by Crippen LogP contribution is 2.34. The Bertz CT molecular complexity index is 6280. The monoisotopic (exact) mass is 2930 g/mol. The van der Waals surface area contributed by atoms with Gasteiger partial charge in [0, 0.05) is 49.2 Å². The minimum atomic E-state index is -4.45. The van der Waals surface area contributed by atoms with Gasteiger partial charge in [-0.05, 0) is 304 Å². The summed E-state index contributed by atoms with van der Waals surface area (Å²) >= 11 is 15.5. The van der Waals surface area contributed by atoms with Crippen LogP contribution in [0.15, 0.2) is 140 Å². The Kier molecular flexibility index (Phi) is 55.2. The molecule has 0 saturated carbocycles. The fourth-order valence-corrected chi connectivity index (χ4v) is 17.6. The second-order valence-corrected chi connectivity index (χ2v) is 45.2. The summed E-state index contributed by atoms with van der Waals surface area (Å²) in [6, 6.07) is 32.7. The zero-order chi connectivity index (χ0) is 104. The van der Waals surface area contributed by atoms with Crippen LogP contribution in [0.2, 0.25) is 0 Å².